The van der Waals surface area contributed by atoms with Crippen molar-refractivity contribution in [2.24, 2.45) is 0 Å². The number of rotatable bonds is 9. The Hall–Kier alpha value is -2.36. The van der Waals surface area contributed by atoms with E-state index in [-0.39, 0.29) is 24.2 Å². The van der Waals surface area contributed by atoms with Crippen LogP contribution >= 0.6 is 23.2 Å². The van der Waals surface area contributed by atoms with Gasteiger partial charge in [-0.05, 0) is 44.0 Å². The molecule has 0 radical (unpaired) electrons. The number of carbonyl (C=O) groups excluding carboxylic acids is 2. The van der Waals surface area contributed by atoms with Gasteiger partial charge in [-0.3, -0.25) is 13.9 Å². The highest BCUT2D eigenvalue weighted by Crippen LogP contribution is 2.28. The molecule has 2 amide bonds. The van der Waals surface area contributed by atoms with Crippen LogP contribution < -0.4 is 9.62 Å². The lowest BCUT2D eigenvalue weighted by atomic mass is 9.95. The zero-order chi connectivity index (χ0) is 26.5. The summed E-state index contributed by atoms with van der Waals surface area (Å²) >= 11 is 12.7. The minimum absolute atomic E-state index is 0.0143. The van der Waals surface area contributed by atoms with Crippen molar-refractivity contribution in [3.05, 3.63) is 63.9 Å². The lowest BCUT2D eigenvalue weighted by Crippen LogP contribution is -2.53. The van der Waals surface area contributed by atoms with E-state index in [9.17, 15) is 22.4 Å². The van der Waals surface area contributed by atoms with Gasteiger partial charge in [0, 0.05) is 28.2 Å². The van der Waals surface area contributed by atoms with Crippen molar-refractivity contribution < 1.29 is 22.4 Å². The van der Waals surface area contributed by atoms with Crippen molar-refractivity contribution in [3.63, 3.8) is 0 Å². The molecule has 196 valence electrons. The fourth-order valence-corrected chi connectivity index (χ4v) is 5.62. The van der Waals surface area contributed by atoms with Crippen molar-refractivity contribution in [2.75, 3.05) is 17.1 Å². The van der Waals surface area contributed by atoms with E-state index in [2.05, 4.69) is 5.32 Å². The van der Waals surface area contributed by atoms with Crippen LogP contribution in [0.15, 0.2) is 42.5 Å². The van der Waals surface area contributed by atoms with Crippen LogP contribution in [0.1, 0.15) is 44.6 Å². The molecule has 1 saturated carbocycles. The third-order valence-electron chi connectivity index (χ3n) is 6.31. The summed E-state index contributed by atoms with van der Waals surface area (Å²) in [7, 11) is -4.03. The van der Waals surface area contributed by atoms with Gasteiger partial charge < -0.3 is 10.2 Å². The van der Waals surface area contributed by atoms with Crippen molar-refractivity contribution in [3.8, 4) is 0 Å². The molecule has 11 heteroatoms. The molecule has 0 bridgehead atoms. The standard InChI is InChI=1S/C25H30Cl2FN3O4S/c1-17(25(33)29-18-9-4-3-5-10-18)30(15-19-20(26)11-8-12-21(19)27)24(32)16-31(36(2,34)35)23-14-7-6-13-22(23)28/h6-8,11-14,17-18H,3-5,9-10,15-16H2,1-2H3,(H,29,33)/t17-/m1/s1. The van der Waals surface area contributed by atoms with Gasteiger partial charge in [0.15, 0.2) is 0 Å². The number of halogens is 3. The summed E-state index contributed by atoms with van der Waals surface area (Å²) < 4.78 is 40.3. The summed E-state index contributed by atoms with van der Waals surface area (Å²) in [6, 6.07) is 9.21. The maximum atomic E-state index is 14.5. The molecule has 2 aromatic carbocycles. The monoisotopic (exact) mass is 557 g/mol. The van der Waals surface area contributed by atoms with Crippen LogP contribution in [0.5, 0.6) is 0 Å². The average Bonchev–Trinajstić information content (AvgIpc) is 2.82. The Morgan fingerprint density at radius 2 is 1.67 bits per heavy atom. The third-order valence-corrected chi connectivity index (χ3v) is 8.14. The SMILES string of the molecule is C[C@H](C(=O)NC1CCCCC1)N(Cc1c(Cl)cccc1Cl)C(=O)CN(c1ccccc1F)S(C)(=O)=O. The molecule has 1 N–H and O–H groups in total. The summed E-state index contributed by atoms with van der Waals surface area (Å²) in [6.45, 7) is 0.725. The van der Waals surface area contributed by atoms with E-state index in [1.165, 1.54) is 23.1 Å². The smallest absolute Gasteiger partial charge is 0.244 e. The van der Waals surface area contributed by atoms with Crippen LogP contribution in [0.3, 0.4) is 0 Å². The van der Waals surface area contributed by atoms with Crippen molar-refractivity contribution in [1.29, 1.82) is 0 Å². The maximum absolute atomic E-state index is 14.5. The van der Waals surface area contributed by atoms with Gasteiger partial charge in [-0.25, -0.2) is 12.8 Å². The van der Waals surface area contributed by atoms with Crippen LogP contribution in [0, 0.1) is 5.82 Å². The first-order valence-corrected chi connectivity index (χ1v) is 14.3. The van der Waals surface area contributed by atoms with Crippen molar-refractivity contribution >= 4 is 50.7 Å². The Morgan fingerprint density at radius 3 is 2.25 bits per heavy atom. The van der Waals surface area contributed by atoms with Gasteiger partial charge in [0.25, 0.3) is 0 Å². The predicted molar refractivity (Wildman–Crippen MR) is 140 cm³/mol. The molecule has 2 aromatic rings. The van der Waals surface area contributed by atoms with Crippen molar-refractivity contribution in [2.45, 2.75) is 57.7 Å². The Labute approximate surface area is 221 Å². The lowest BCUT2D eigenvalue weighted by Gasteiger charge is -2.33. The Bertz CT molecular complexity index is 1190. The fraction of sp³-hybridized carbons (Fsp3) is 0.440. The molecule has 0 aliphatic heterocycles. The van der Waals surface area contributed by atoms with Gasteiger partial charge in [-0.15, -0.1) is 0 Å². The minimum Gasteiger partial charge on any atom is -0.352 e. The maximum Gasteiger partial charge on any atom is 0.244 e. The predicted octanol–water partition coefficient (Wildman–Crippen LogP) is 4.76. The zero-order valence-electron chi connectivity index (χ0n) is 20.2. The second kappa shape index (κ2) is 12.3. The number of hydrogen-bond acceptors (Lipinski definition) is 4. The van der Waals surface area contributed by atoms with Crippen LogP contribution in [-0.4, -0.2) is 50.0 Å². The Balaban J connectivity index is 1.92. The van der Waals surface area contributed by atoms with E-state index in [0.29, 0.717) is 19.9 Å². The molecule has 1 aliphatic carbocycles. The number of nitrogens with zero attached hydrogens (tertiary/aromatic N) is 2. The van der Waals surface area contributed by atoms with Gasteiger partial charge in [-0.2, -0.15) is 0 Å². The summed E-state index contributed by atoms with van der Waals surface area (Å²) in [6.07, 6.45) is 5.76. The van der Waals surface area contributed by atoms with Crippen LogP contribution in [-0.2, 0) is 26.2 Å². The molecule has 0 heterocycles. The quantitative estimate of drug-likeness (QED) is 0.481. The first-order valence-electron chi connectivity index (χ1n) is 11.7. The van der Waals surface area contributed by atoms with E-state index in [1.54, 1.807) is 25.1 Å². The van der Waals surface area contributed by atoms with Gasteiger partial charge in [-0.1, -0.05) is 60.7 Å². The second-order valence-corrected chi connectivity index (χ2v) is 11.7. The van der Waals surface area contributed by atoms with E-state index < -0.39 is 34.3 Å². The molecule has 1 fully saturated rings. The molecule has 36 heavy (non-hydrogen) atoms. The molecule has 3 rings (SSSR count). The van der Waals surface area contributed by atoms with E-state index in [4.69, 9.17) is 23.2 Å². The second-order valence-electron chi connectivity index (χ2n) is 8.96. The van der Waals surface area contributed by atoms with E-state index in [1.807, 2.05) is 0 Å². The number of carbonyl (C=O) groups is 2. The Kier molecular flexibility index (Phi) is 9.60. The number of sulfonamides is 1. The molecule has 7 nitrogen and oxygen atoms in total. The van der Waals surface area contributed by atoms with Gasteiger partial charge in [0.2, 0.25) is 21.8 Å². The zero-order valence-corrected chi connectivity index (χ0v) is 22.5. The summed E-state index contributed by atoms with van der Waals surface area (Å²) in [4.78, 5) is 28.0. The van der Waals surface area contributed by atoms with Crippen LogP contribution in [0.4, 0.5) is 10.1 Å². The topological polar surface area (TPSA) is 86.8 Å². The van der Waals surface area contributed by atoms with Gasteiger partial charge in [0.05, 0.1) is 11.9 Å². The third kappa shape index (κ3) is 7.11. The highest BCUT2D eigenvalue weighted by Gasteiger charge is 2.32. The normalized spacial score (nSPS) is 15.2. The van der Waals surface area contributed by atoms with E-state index >= 15 is 0 Å². The van der Waals surface area contributed by atoms with Gasteiger partial charge in [0.1, 0.15) is 18.4 Å². The first kappa shape index (κ1) is 28.2. The highest BCUT2D eigenvalue weighted by molar-refractivity contribution is 7.92. The summed E-state index contributed by atoms with van der Waals surface area (Å²) in [5, 5.41) is 3.60. The number of hydrogen-bond donors (Lipinski definition) is 1. The largest absolute Gasteiger partial charge is 0.352 e. The molecular weight excluding hydrogens is 528 g/mol. The molecular formula is C25H30Cl2FN3O4S. The lowest BCUT2D eigenvalue weighted by molar-refractivity contribution is -0.139. The molecule has 1 aliphatic rings. The molecule has 0 unspecified atom stereocenters. The fourth-order valence-electron chi connectivity index (χ4n) is 4.25. The van der Waals surface area contributed by atoms with Crippen LogP contribution in [0.25, 0.3) is 0 Å². The summed E-state index contributed by atoms with van der Waals surface area (Å²) in [5.41, 5.74) is 0.159. The Morgan fingerprint density at radius 1 is 1.06 bits per heavy atom. The molecule has 0 spiro atoms. The van der Waals surface area contributed by atoms with Gasteiger partial charge >= 0.3 is 0 Å². The van der Waals surface area contributed by atoms with Crippen LogP contribution in [0.2, 0.25) is 10.0 Å². The van der Waals surface area contributed by atoms with Crippen molar-refractivity contribution in [1.82, 2.24) is 10.2 Å². The summed E-state index contributed by atoms with van der Waals surface area (Å²) in [5.74, 6) is -1.86. The number of para-hydroxylation sites is 1. The number of anilines is 1. The molecule has 0 aromatic heterocycles. The number of nitrogens with one attached hydrogen (secondary N) is 1. The minimum atomic E-state index is -4.03. The highest BCUT2D eigenvalue weighted by atomic mass is 35.5. The first-order chi connectivity index (χ1) is 17.0. The average molecular weight is 559 g/mol. The van der Waals surface area contributed by atoms with E-state index in [0.717, 1.165) is 44.4 Å². The molecule has 1 atom stereocenters. The molecule has 0 saturated heterocycles. The number of benzene rings is 2. The number of amides is 2.